The van der Waals surface area contributed by atoms with Crippen LogP contribution in [0.4, 0.5) is 10.7 Å². The number of hydrogen-bond acceptors (Lipinski definition) is 6. The molecular formula is C19H20N2O4S. The highest BCUT2D eigenvalue weighted by Gasteiger charge is 2.28. The first-order valence-electron chi connectivity index (χ1n) is 8.59. The minimum atomic E-state index is -0.438. The van der Waals surface area contributed by atoms with Crippen molar-refractivity contribution < 1.29 is 14.5 Å². The van der Waals surface area contributed by atoms with Crippen molar-refractivity contribution in [2.24, 2.45) is 10.9 Å². The van der Waals surface area contributed by atoms with Crippen LogP contribution in [-0.2, 0) is 17.6 Å². The Morgan fingerprint density at radius 1 is 1.50 bits per heavy atom. The van der Waals surface area contributed by atoms with E-state index in [1.165, 1.54) is 28.3 Å². The van der Waals surface area contributed by atoms with E-state index in [0.717, 1.165) is 24.8 Å². The van der Waals surface area contributed by atoms with Crippen molar-refractivity contribution in [1.29, 1.82) is 0 Å². The molecule has 0 N–H and O–H groups in total. The molecule has 7 heteroatoms. The molecule has 1 atom stereocenters. The van der Waals surface area contributed by atoms with Crippen LogP contribution in [0.15, 0.2) is 29.3 Å². The Hall–Kier alpha value is -2.54. The molecule has 136 valence electrons. The van der Waals surface area contributed by atoms with E-state index in [0.29, 0.717) is 28.7 Å². The van der Waals surface area contributed by atoms with Gasteiger partial charge in [0.05, 0.1) is 17.1 Å². The second kappa shape index (κ2) is 7.78. The van der Waals surface area contributed by atoms with Crippen LogP contribution in [0, 0.1) is 16.0 Å². The van der Waals surface area contributed by atoms with Gasteiger partial charge in [0.25, 0.3) is 5.69 Å². The lowest BCUT2D eigenvalue weighted by atomic mass is 9.88. The molecule has 0 aliphatic heterocycles. The fourth-order valence-corrected chi connectivity index (χ4v) is 4.44. The van der Waals surface area contributed by atoms with Gasteiger partial charge in [-0.3, -0.25) is 10.1 Å². The SMILES string of the molecule is CCOC(=O)c1c(/N=C/c2cccc([N+](=O)[O-])c2)sc2c1CCC(C)C2. The van der Waals surface area contributed by atoms with E-state index in [9.17, 15) is 14.9 Å². The van der Waals surface area contributed by atoms with Crippen LogP contribution in [0.25, 0.3) is 0 Å². The van der Waals surface area contributed by atoms with Crippen molar-refractivity contribution in [3.05, 3.63) is 55.9 Å². The number of thiophene rings is 1. The summed E-state index contributed by atoms with van der Waals surface area (Å²) in [5, 5.41) is 11.5. The summed E-state index contributed by atoms with van der Waals surface area (Å²) in [7, 11) is 0. The zero-order chi connectivity index (χ0) is 18.7. The number of benzene rings is 1. The van der Waals surface area contributed by atoms with Crippen molar-refractivity contribution in [2.75, 3.05) is 6.61 Å². The van der Waals surface area contributed by atoms with Crippen LogP contribution in [0.2, 0.25) is 0 Å². The fourth-order valence-electron chi connectivity index (χ4n) is 3.09. The highest BCUT2D eigenvalue weighted by Crippen LogP contribution is 2.41. The Bertz CT molecular complexity index is 872. The summed E-state index contributed by atoms with van der Waals surface area (Å²) in [6.45, 7) is 4.30. The molecule has 1 aromatic carbocycles. The van der Waals surface area contributed by atoms with Crippen molar-refractivity contribution in [1.82, 2.24) is 0 Å². The number of ether oxygens (including phenoxy) is 1. The Morgan fingerprint density at radius 3 is 3.04 bits per heavy atom. The van der Waals surface area contributed by atoms with Gasteiger partial charge < -0.3 is 4.74 Å². The maximum Gasteiger partial charge on any atom is 0.341 e. The van der Waals surface area contributed by atoms with Gasteiger partial charge >= 0.3 is 5.97 Å². The monoisotopic (exact) mass is 372 g/mol. The van der Waals surface area contributed by atoms with Gasteiger partial charge in [-0.15, -0.1) is 11.3 Å². The molecule has 6 nitrogen and oxygen atoms in total. The maximum atomic E-state index is 12.5. The van der Waals surface area contributed by atoms with Gasteiger partial charge in [0.2, 0.25) is 0 Å². The summed E-state index contributed by atoms with van der Waals surface area (Å²) >= 11 is 1.52. The Kier molecular flexibility index (Phi) is 5.46. The third kappa shape index (κ3) is 3.83. The van der Waals surface area contributed by atoms with Crippen LogP contribution in [0.3, 0.4) is 0 Å². The summed E-state index contributed by atoms with van der Waals surface area (Å²) < 4.78 is 5.23. The predicted octanol–water partition coefficient (Wildman–Crippen LogP) is 4.71. The van der Waals surface area contributed by atoms with Gasteiger partial charge in [0.15, 0.2) is 0 Å². The van der Waals surface area contributed by atoms with Crippen molar-refractivity contribution in [2.45, 2.75) is 33.1 Å². The van der Waals surface area contributed by atoms with Gasteiger partial charge in [-0.05, 0) is 43.2 Å². The molecule has 1 heterocycles. The van der Waals surface area contributed by atoms with Crippen LogP contribution >= 0.6 is 11.3 Å². The zero-order valence-corrected chi connectivity index (χ0v) is 15.5. The summed E-state index contributed by atoms with van der Waals surface area (Å²) in [4.78, 5) is 28.6. The molecule has 0 saturated carbocycles. The van der Waals surface area contributed by atoms with Crippen molar-refractivity contribution in [3.8, 4) is 0 Å². The van der Waals surface area contributed by atoms with Gasteiger partial charge in [0, 0.05) is 23.2 Å². The molecule has 0 amide bonds. The Labute approximate surface area is 155 Å². The van der Waals surface area contributed by atoms with E-state index in [-0.39, 0.29) is 11.7 Å². The number of rotatable bonds is 5. The first-order valence-corrected chi connectivity index (χ1v) is 9.41. The number of carbonyl (C=O) groups excluding carboxylic acids is 1. The average Bonchev–Trinajstić information content (AvgIpc) is 2.97. The van der Waals surface area contributed by atoms with Crippen LogP contribution in [-0.4, -0.2) is 23.7 Å². The van der Waals surface area contributed by atoms with E-state index in [1.807, 2.05) is 0 Å². The third-order valence-electron chi connectivity index (χ3n) is 4.38. The van der Waals surface area contributed by atoms with Crippen LogP contribution in [0.5, 0.6) is 0 Å². The van der Waals surface area contributed by atoms with Gasteiger partial charge in [0.1, 0.15) is 5.00 Å². The number of aliphatic imine (C=N–C) groups is 1. The van der Waals surface area contributed by atoms with Gasteiger partial charge in [-0.1, -0.05) is 19.1 Å². The van der Waals surface area contributed by atoms with Crippen molar-refractivity contribution in [3.63, 3.8) is 0 Å². The second-order valence-electron chi connectivity index (χ2n) is 6.36. The molecule has 0 bridgehead atoms. The number of fused-ring (bicyclic) bond motifs is 1. The summed E-state index contributed by atoms with van der Waals surface area (Å²) in [5.41, 5.74) is 2.24. The highest BCUT2D eigenvalue weighted by atomic mass is 32.1. The first kappa shape index (κ1) is 18.3. The minimum Gasteiger partial charge on any atom is -0.462 e. The normalized spacial score (nSPS) is 16.5. The standard InChI is InChI=1S/C19H20N2O4S/c1-3-25-19(22)17-15-8-7-12(2)9-16(15)26-18(17)20-11-13-5-4-6-14(10-13)21(23)24/h4-6,10-12H,3,7-9H2,1-2H3/b20-11+. The molecule has 2 aromatic rings. The average molecular weight is 372 g/mol. The largest absolute Gasteiger partial charge is 0.462 e. The second-order valence-corrected chi connectivity index (χ2v) is 7.45. The van der Waals surface area contributed by atoms with E-state index >= 15 is 0 Å². The number of non-ortho nitro benzene ring substituents is 1. The molecule has 0 spiro atoms. The van der Waals surface area contributed by atoms with Gasteiger partial charge in [-0.25, -0.2) is 9.79 Å². The zero-order valence-electron chi connectivity index (χ0n) is 14.7. The molecule has 1 aliphatic rings. The molecular weight excluding hydrogens is 352 g/mol. The number of carbonyl (C=O) groups is 1. The Morgan fingerprint density at radius 2 is 2.31 bits per heavy atom. The van der Waals surface area contributed by atoms with Crippen molar-refractivity contribution >= 4 is 34.2 Å². The maximum absolute atomic E-state index is 12.5. The molecule has 0 radical (unpaired) electrons. The fraction of sp³-hybridized carbons (Fsp3) is 0.368. The molecule has 3 rings (SSSR count). The molecule has 1 aliphatic carbocycles. The number of nitro groups is 1. The van der Waals surface area contributed by atoms with E-state index < -0.39 is 4.92 Å². The smallest absolute Gasteiger partial charge is 0.341 e. The van der Waals surface area contributed by atoms with Crippen LogP contribution < -0.4 is 0 Å². The first-order chi connectivity index (χ1) is 12.5. The number of esters is 1. The van der Waals surface area contributed by atoms with E-state index in [2.05, 4.69) is 11.9 Å². The summed E-state index contributed by atoms with van der Waals surface area (Å²) in [5.74, 6) is 0.246. The molecule has 0 saturated heterocycles. The van der Waals surface area contributed by atoms with E-state index in [4.69, 9.17) is 4.74 Å². The number of nitro benzene ring substituents is 1. The lowest BCUT2D eigenvalue weighted by molar-refractivity contribution is -0.384. The summed E-state index contributed by atoms with van der Waals surface area (Å²) in [6, 6.07) is 6.26. The lowest BCUT2D eigenvalue weighted by Gasteiger charge is -2.18. The third-order valence-corrected chi connectivity index (χ3v) is 5.55. The number of nitrogens with zero attached hydrogens (tertiary/aromatic N) is 2. The predicted molar refractivity (Wildman–Crippen MR) is 102 cm³/mol. The molecule has 0 fully saturated rings. The molecule has 1 aromatic heterocycles. The van der Waals surface area contributed by atoms with E-state index in [1.54, 1.807) is 25.3 Å². The number of hydrogen-bond donors (Lipinski definition) is 0. The summed E-state index contributed by atoms with van der Waals surface area (Å²) in [6.07, 6.45) is 4.41. The molecule has 26 heavy (non-hydrogen) atoms. The minimum absolute atomic E-state index is 0.0128. The van der Waals surface area contributed by atoms with Gasteiger partial charge in [-0.2, -0.15) is 0 Å². The molecule has 1 unspecified atom stereocenters. The Balaban J connectivity index is 1.97. The van der Waals surface area contributed by atoms with Crippen LogP contribution in [0.1, 0.15) is 46.6 Å². The quantitative estimate of drug-likeness (QED) is 0.329. The topological polar surface area (TPSA) is 81.8 Å². The lowest BCUT2D eigenvalue weighted by Crippen LogP contribution is -2.13. The highest BCUT2D eigenvalue weighted by molar-refractivity contribution is 7.16.